The Labute approximate surface area is 366 Å². The third-order valence-electron chi connectivity index (χ3n) is 12.4. The van der Waals surface area contributed by atoms with E-state index in [1.165, 1.54) is 44.2 Å². The fraction of sp³-hybridized carbons (Fsp3) is 0. The van der Waals surface area contributed by atoms with Crippen molar-refractivity contribution in [3.05, 3.63) is 243 Å². The smallest absolute Gasteiger partial charge is 0.143 e. The van der Waals surface area contributed by atoms with Crippen LogP contribution in [0.25, 0.3) is 93.9 Å². The maximum Gasteiger partial charge on any atom is 0.143 e. The second kappa shape index (κ2) is 15.3. The van der Waals surface area contributed by atoms with Crippen LogP contribution in [0.5, 0.6) is 0 Å². The SMILES string of the molecule is c1ccc(-c2ccc(-c3ccc(N(c4ccccc4)c4ccc5c6ccccc6n(-c6ccccc6-c6cccc7c6oc6ccccc67)c5c4)cc3-c3ccccc3)cc2)cc1. The molecule has 0 amide bonds. The lowest BCUT2D eigenvalue weighted by molar-refractivity contribution is 0.670. The van der Waals surface area contributed by atoms with Crippen LogP contribution >= 0.6 is 0 Å². The summed E-state index contributed by atoms with van der Waals surface area (Å²) < 4.78 is 9.06. The van der Waals surface area contributed by atoms with E-state index in [9.17, 15) is 0 Å². The molecule has 296 valence electrons. The first-order valence-electron chi connectivity index (χ1n) is 21.5. The minimum absolute atomic E-state index is 0.893. The van der Waals surface area contributed by atoms with Crippen molar-refractivity contribution in [2.24, 2.45) is 0 Å². The lowest BCUT2D eigenvalue weighted by Crippen LogP contribution is -2.10. The number of anilines is 3. The summed E-state index contributed by atoms with van der Waals surface area (Å²) >= 11 is 0. The van der Waals surface area contributed by atoms with Gasteiger partial charge in [-0.1, -0.05) is 188 Å². The van der Waals surface area contributed by atoms with Gasteiger partial charge in [-0.25, -0.2) is 0 Å². The maximum atomic E-state index is 6.62. The third-order valence-corrected chi connectivity index (χ3v) is 12.4. The first kappa shape index (κ1) is 36.5. The van der Waals surface area contributed by atoms with Gasteiger partial charge < -0.3 is 13.9 Å². The Balaban J connectivity index is 1.05. The number of fused-ring (bicyclic) bond motifs is 6. The largest absolute Gasteiger partial charge is 0.455 e. The van der Waals surface area contributed by atoms with Crippen LogP contribution in [0.1, 0.15) is 0 Å². The molecule has 63 heavy (non-hydrogen) atoms. The Bertz CT molecular complexity index is 3600. The van der Waals surface area contributed by atoms with Crippen molar-refractivity contribution >= 4 is 60.8 Å². The topological polar surface area (TPSA) is 21.3 Å². The van der Waals surface area contributed by atoms with E-state index in [0.29, 0.717) is 0 Å². The fourth-order valence-electron chi connectivity index (χ4n) is 9.49. The van der Waals surface area contributed by atoms with Gasteiger partial charge >= 0.3 is 0 Å². The number of para-hydroxylation sites is 5. The molecule has 2 heterocycles. The number of nitrogens with zero attached hydrogens (tertiary/aromatic N) is 2. The van der Waals surface area contributed by atoms with Gasteiger partial charge in [0.25, 0.3) is 0 Å². The van der Waals surface area contributed by atoms with Crippen molar-refractivity contribution in [3.63, 3.8) is 0 Å². The minimum atomic E-state index is 0.893. The highest BCUT2D eigenvalue weighted by Crippen LogP contribution is 2.45. The van der Waals surface area contributed by atoms with Crippen molar-refractivity contribution in [1.29, 1.82) is 0 Å². The summed E-state index contributed by atoms with van der Waals surface area (Å²) in [6, 6.07) is 87.1. The predicted octanol–water partition coefficient (Wildman–Crippen LogP) is 16.8. The number of rotatable bonds is 8. The van der Waals surface area contributed by atoms with E-state index in [1.54, 1.807) is 0 Å². The summed E-state index contributed by atoms with van der Waals surface area (Å²) in [6.07, 6.45) is 0. The molecule has 0 saturated heterocycles. The summed E-state index contributed by atoms with van der Waals surface area (Å²) in [6.45, 7) is 0. The molecule has 0 unspecified atom stereocenters. The average Bonchev–Trinajstić information content (AvgIpc) is 3.91. The molecule has 0 aliphatic carbocycles. The Kier molecular flexibility index (Phi) is 8.83. The van der Waals surface area contributed by atoms with Crippen LogP contribution in [-0.4, -0.2) is 4.57 Å². The molecule has 2 aromatic heterocycles. The zero-order chi connectivity index (χ0) is 41.7. The van der Waals surface area contributed by atoms with Gasteiger partial charge in [0.05, 0.1) is 16.7 Å². The summed E-state index contributed by atoms with van der Waals surface area (Å²) in [4.78, 5) is 2.39. The van der Waals surface area contributed by atoms with Gasteiger partial charge in [0.1, 0.15) is 11.2 Å². The van der Waals surface area contributed by atoms with Crippen LogP contribution in [0.2, 0.25) is 0 Å². The van der Waals surface area contributed by atoms with Crippen LogP contribution in [0.15, 0.2) is 247 Å². The quantitative estimate of drug-likeness (QED) is 0.153. The molecule has 0 atom stereocenters. The number of aromatic nitrogens is 1. The summed E-state index contributed by atoms with van der Waals surface area (Å²) in [5.74, 6) is 0. The number of hydrogen-bond acceptors (Lipinski definition) is 2. The molecular formula is C60H40N2O. The molecule has 0 aliphatic heterocycles. The van der Waals surface area contributed by atoms with Crippen molar-refractivity contribution in [1.82, 2.24) is 4.57 Å². The first-order valence-corrected chi connectivity index (χ1v) is 21.5. The molecule has 0 N–H and O–H groups in total. The van der Waals surface area contributed by atoms with E-state index in [0.717, 1.165) is 66.8 Å². The van der Waals surface area contributed by atoms with Gasteiger partial charge in [0, 0.05) is 49.7 Å². The highest BCUT2D eigenvalue weighted by atomic mass is 16.3. The lowest BCUT2D eigenvalue weighted by Gasteiger charge is -2.27. The van der Waals surface area contributed by atoms with E-state index in [2.05, 4.69) is 246 Å². The van der Waals surface area contributed by atoms with Crippen molar-refractivity contribution in [2.75, 3.05) is 4.90 Å². The van der Waals surface area contributed by atoms with Crippen LogP contribution in [0.3, 0.4) is 0 Å². The highest BCUT2D eigenvalue weighted by molar-refractivity contribution is 6.13. The number of hydrogen-bond donors (Lipinski definition) is 0. The van der Waals surface area contributed by atoms with Gasteiger partial charge in [0.15, 0.2) is 0 Å². The second-order valence-electron chi connectivity index (χ2n) is 16.1. The maximum absolute atomic E-state index is 6.62. The lowest BCUT2D eigenvalue weighted by atomic mass is 9.92. The predicted molar refractivity (Wildman–Crippen MR) is 264 cm³/mol. The van der Waals surface area contributed by atoms with Gasteiger partial charge in [-0.3, -0.25) is 0 Å². The van der Waals surface area contributed by atoms with Crippen molar-refractivity contribution in [3.8, 4) is 50.2 Å². The summed E-state index contributed by atoms with van der Waals surface area (Å²) in [5.41, 5.74) is 17.7. The fourth-order valence-corrected chi connectivity index (χ4v) is 9.49. The second-order valence-corrected chi connectivity index (χ2v) is 16.1. The molecule has 0 fully saturated rings. The molecule has 0 saturated carbocycles. The van der Waals surface area contributed by atoms with Crippen LogP contribution in [-0.2, 0) is 0 Å². The van der Waals surface area contributed by atoms with Crippen LogP contribution < -0.4 is 4.90 Å². The van der Waals surface area contributed by atoms with E-state index >= 15 is 0 Å². The summed E-state index contributed by atoms with van der Waals surface area (Å²) in [7, 11) is 0. The van der Waals surface area contributed by atoms with Gasteiger partial charge in [0.2, 0.25) is 0 Å². The van der Waals surface area contributed by atoms with E-state index in [-0.39, 0.29) is 0 Å². The van der Waals surface area contributed by atoms with E-state index in [4.69, 9.17) is 4.42 Å². The van der Waals surface area contributed by atoms with Gasteiger partial charge in [-0.05, 0) is 88.0 Å². The number of benzene rings is 10. The zero-order valence-electron chi connectivity index (χ0n) is 34.4. The van der Waals surface area contributed by atoms with E-state index in [1.807, 2.05) is 6.07 Å². The number of furan rings is 1. The minimum Gasteiger partial charge on any atom is -0.455 e. The highest BCUT2D eigenvalue weighted by Gasteiger charge is 2.22. The standard InChI is InChI=1S/C60H40N2O/c1-4-17-41(18-5-1)42-31-33-44(34-32-42)48-37-35-46(39-55(48)43-19-6-2-7-20-43)61(45-21-8-3-9-22-45)47-36-38-51-49-23-10-13-28-56(49)62(58(51)40-47)57-29-14-11-24-50(57)53-26-16-27-54-52-25-12-15-30-59(52)63-60(53)54/h1-40H. The Morgan fingerprint density at radius 3 is 1.67 bits per heavy atom. The molecular weight excluding hydrogens is 765 g/mol. The molecule has 0 radical (unpaired) electrons. The zero-order valence-corrected chi connectivity index (χ0v) is 34.4. The molecule has 12 rings (SSSR count). The van der Waals surface area contributed by atoms with Gasteiger partial charge in [-0.15, -0.1) is 0 Å². The van der Waals surface area contributed by atoms with Crippen LogP contribution in [0.4, 0.5) is 17.1 Å². The average molecular weight is 805 g/mol. The van der Waals surface area contributed by atoms with Crippen molar-refractivity contribution in [2.45, 2.75) is 0 Å². The first-order chi connectivity index (χ1) is 31.3. The Hall–Kier alpha value is -8.40. The Morgan fingerprint density at radius 2 is 0.857 bits per heavy atom. The van der Waals surface area contributed by atoms with Crippen molar-refractivity contribution < 1.29 is 4.42 Å². The molecule has 0 spiro atoms. The Morgan fingerprint density at radius 1 is 0.302 bits per heavy atom. The molecule has 0 bridgehead atoms. The van der Waals surface area contributed by atoms with Gasteiger partial charge in [-0.2, -0.15) is 0 Å². The van der Waals surface area contributed by atoms with Crippen LogP contribution in [0, 0.1) is 0 Å². The molecule has 0 aliphatic rings. The summed E-state index contributed by atoms with van der Waals surface area (Å²) in [5, 5.41) is 4.64. The molecule has 12 aromatic rings. The van der Waals surface area contributed by atoms with E-state index < -0.39 is 0 Å². The molecule has 3 nitrogen and oxygen atoms in total. The normalized spacial score (nSPS) is 11.5. The third kappa shape index (κ3) is 6.29. The molecule has 10 aromatic carbocycles. The monoisotopic (exact) mass is 804 g/mol. The molecule has 3 heteroatoms.